The molecule has 0 aliphatic rings. The van der Waals surface area contributed by atoms with Gasteiger partial charge in [0.05, 0.1) is 10.6 Å². The molecule has 4 rings (SSSR count). The van der Waals surface area contributed by atoms with Gasteiger partial charge in [0.2, 0.25) is 11.8 Å². The zero-order valence-electron chi connectivity index (χ0n) is 26.1. The number of nitrogens with one attached hydrogen (secondary N) is 1. The van der Waals surface area contributed by atoms with Gasteiger partial charge in [-0.05, 0) is 68.1 Å². The number of halogens is 1. The second-order valence-corrected chi connectivity index (χ2v) is 13.1. The minimum Gasteiger partial charge on any atom is -0.352 e. The van der Waals surface area contributed by atoms with Crippen LogP contribution in [0.25, 0.3) is 0 Å². The molecule has 236 valence electrons. The molecule has 2 atom stereocenters. The van der Waals surface area contributed by atoms with Gasteiger partial charge in [-0.25, -0.2) is 12.8 Å². The summed E-state index contributed by atoms with van der Waals surface area (Å²) < 4.78 is 44.2. The van der Waals surface area contributed by atoms with Gasteiger partial charge < -0.3 is 10.2 Å². The van der Waals surface area contributed by atoms with Gasteiger partial charge in [0.25, 0.3) is 10.0 Å². The summed E-state index contributed by atoms with van der Waals surface area (Å²) in [5, 5.41) is 3.02. The third kappa shape index (κ3) is 8.36. The van der Waals surface area contributed by atoms with E-state index in [1.54, 1.807) is 12.1 Å². The summed E-state index contributed by atoms with van der Waals surface area (Å²) in [7, 11) is -4.39. The van der Waals surface area contributed by atoms with Crippen LogP contribution in [-0.2, 0) is 32.6 Å². The Balaban J connectivity index is 1.83. The Morgan fingerprint density at radius 1 is 0.844 bits per heavy atom. The van der Waals surface area contributed by atoms with Crippen LogP contribution in [0.15, 0.2) is 108 Å². The minimum atomic E-state index is -4.39. The molecule has 0 fully saturated rings. The van der Waals surface area contributed by atoms with Crippen LogP contribution in [0, 0.1) is 19.7 Å². The number of nitrogens with zero attached hydrogens (tertiary/aromatic N) is 2. The molecule has 2 amide bonds. The Morgan fingerprint density at radius 2 is 1.47 bits per heavy atom. The maximum atomic E-state index is 15.3. The summed E-state index contributed by atoms with van der Waals surface area (Å²) in [6, 6.07) is 27.4. The average molecular weight is 630 g/mol. The van der Waals surface area contributed by atoms with E-state index in [0.717, 1.165) is 32.6 Å². The zero-order valence-corrected chi connectivity index (χ0v) is 26.9. The van der Waals surface area contributed by atoms with E-state index < -0.39 is 34.3 Å². The van der Waals surface area contributed by atoms with Crippen molar-refractivity contribution >= 4 is 27.5 Å². The number of hydrogen-bond acceptors (Lipinski definition) is 4. The van der Waals surface area contributed by atoms with Crippen LogP contribution in [0.3, 0.4) is 0 Å². The lowest BCUT2D eigenvalue weighted by Gasteiger charge is -2.34. The Kier molecular flexibility index (Phi) is 11.1. The molecule has 0 radical (unpaired) electrons. The lowest BCUT2D eigenvalue weighted by Crippen LogP contribution is -2.54. The number of carbonyl (C=O) groups excluding carboxylic acids is 2. The van der Waals surface area contributed by atoms with Gasteiger partial charge in [0, 0.05) is 19.0 Å². The average Bonchev–Trinajstić information content (AvgIpc) is 3.03. The van der Waals surface area contributed by atoms with Crippen LogP contribution in [0.2, 0.25) is 0 Å². The normalized spacial score (nSPS) is 12.6. The third-order valence-corrected chi connectivity index (χ3v) is 9.66. The van der Waals surface area contributed by atoms with Crippen molar-refractivity contribution in [3.05, 3.63) is 131 Å². The van der Waals surface area contributed by atoms with Crippen molar-refractivity contribution in [3.8, 4) is 0 Å². The second-order valence-electron chi connectivity index (χ2n) is 11.2. The van der Waals surface area contributed by atoms with Crippen LogP contribution in [0.4, 0.5) is 10.1 Å². The maximum absolute atomic E-state index is 15.3. The Bertz CT molecular complexity index is 1710. The lowest BCUT2D eigenvalue weighted by atomic mass is 10.0. The van der Waals surface area contributed by atoms with E-state index in [1.165, 1.54) is 35.2 Å². The Labute approximate surface area is 265 Å². The zero-order chi connectivity index (χ0) is 32.6. The minimum absolute atomic E-state index is 0.0482. The van der Waals surface area contributed by atoms with Crippen LogP contribution < -0.4 is 9.62 Å². The Hall–Kier alpha value is -4.50. The number of carbonyl (C=O) groups is 2. The van der Waals surface area contributed by atoms with Crippen LogP contribution in [0.5, 0.6) is 0 Å². The molecule has 0 aliphatic heterocycles. The summed E-state index contributed by atoms with van der Waals surface area (Å²) in [6.45, 7) is 6.92. The molecule has 0 aromatic heterocycles. The Morgan fingerprint density at radius 3 is 2.11 bits per heavy atom. The molecule has 0 heterocycles. The first-order valence-electron chi connectivity index (χ1n) is 15.0. The van der Waals surface area contributed by atoms with E-state index in [1.807, 2.05) is 82.3 Å². The summed E-state index contributed by atoms with van der Waals surface area (Å²) in [4.78, 5) is 29.7. The largest absolute Gasteiger partial charge is 0.352 e. The molecule has 0 saturated heterocycles. The number of amides is 2. The molecular formula is C36H40FN3O4S. The molecular weight excluding hydrogens is 589 g/mol. The molecule has 45 heavy (non-hydrogen) atoms. The van der Waals surface area contributed by atoms with E-state index in [4.69, 9.17) is 0 Å². The van der Waals surface area contributed by atoms with E-state index in [9.17, 15) is 18.0 Å². The van der Waals surface area contributed by atoms with Gasteiger partial charge >= 0.3 is 0 Å². The molecule has 0 spiro atoms. The molecule has 9 heteroatoms. The number of para-hydroxylation sites is 1. The highest BCUT2D eigenvalue weighted by molar-refractivity contribution is 7.92. The first-order valence-corrected chi connectivity index (χ1v) is 16.5. The predicted octanol–water partition coefficient (Wildman–Crippen LogP) is 6.19. The van der Waals surface area contributed by atoms with Crippen molar-refractivity contribution in [1.29, 1.82) is 0 Å². The highest BCUT2D eigenvalue weighted by atomic mass is 32.2. The van der Waals surface area contributed by atoms with Crippen LogP contribution in [-0.4, -0.2) is 43.8 Å². The highest BCUT2D eigenvalue weighted by Crippen LogP contribution is 2.27. The number of aryl methyl sites for hydroxylation is 2. The van der Waals surface area contributed by atoms with Crippen molar-refractivity contribution < 1.29 is 22.4 Å². The molecule has 1 N–H and O–H groups in total. The van der Waals surface area contributed by atoms with Crippen molar-refractivity contribution in [3.63, 3.8) is 0 Å². The summed E-state index contributed by atoms with van der Waals surface area (Å²) in [5.74, 6) is -1.78. The highest BCUT2D eigenvalue weighted by Gasteiger charge is 2.35. The van der Waals surface area contributed by atoms with Crippen LogP contribution in [0.1, 0.15) is 42.5 Å². The smallest absolute Gasteiger partial charge is 0.264 e. The van der Waals surface area contributed by atoms with Gasteiger partial charge in [-0.15, -0.1) is 0 Å². The predicted molar refractivity (Wildman–Crippen MR) is 176 cm³/mol. The van der Waals surface area contributed by atoms with Gasteiger partial charge in [-0.2, -0.15) is 0 Å². The van der Waals surface area contributed by atoms with Crippen molar-refractivity contribution in [2.24, 2.45) is 0 Å². The number of sulfonamides is 1. The first-order chi connectivity index (χ1) is 21.5. The van der Waals surface area contributed by atoms with E-state index in [0.29, 0.717) is 6.42 Å². The fourth-order valence-electron chi connectivity index (χ4n) is 4.97. The standard InChI is InChI=1S/C36H40FN3O4S/c1-5-28(4)38-36(42)34(23-29-14-7-6-8-15-29)39(24-30-16-10-9-13-27(30)3)35(41)25-40(33-18-12-11-17-32(33)37)45(43,44)31-21-19-26(2)20-22-31/h6-22,28,34H,5,23-25H2,1-4H3,(H,38,42)/t28-,34-/m1/s1. The quantitative estimate of drug-likeness (QED) is 0.191. The molecule has 7 nitrogen and oxygen atoms in total. The molecule has 0 unspecified atom stereocenters. The van der Waals surface area contributed by atoms with E-state index >= 15 is 4.39 Å². The molecule has 4 aromatic carbocycles. The SMILES string of the molecule is CC[C@@H](C)NC(=O)[C@@H](Cc1ccccc1)N(Cc1ccccc1C)C(=O)CN(c1ccccc1F)S(=O)(=O)c1ccc(C)cc1. The fourth-order valence-corrected chi connectivity index (χ4v) is 6.39. The van der Waals surface area contributed by atoms with Crippen molar-refractivity contribution in [1.82, 2.24) is 10.2 Å². The van der Waals surface area contributed by atoms with Gasteiger partial charge in [0.1, 0.15) is 18.4 Å². The fraction of sp³-hybridized carbons (Fsp3) is 0.278. The summed E-state index contributed by atoms with van der Waals surface area (Å²) in [6.07, 6.45) is 0.885. The van der Waals surface area contributed by atoms with Crippen molar-refractivity contribution in [2.75, 3.05) is 10.8 Å². The number of hydrogen-bond donors (Lipinski definition) is 1. The van der Waals surface area contributed by atoms with E-state index in [-0.39, 0.29) is 35.5 Å². The first kappa shape index (κ1) is 33.4. The monoisotopic (exact) mass is 629 g/mol. The summed E-state index contributed by atoms with van der Waals surface area (Å²) in [5.41, 5.74) is 3.14. The topological polar surface area (TPSA) is 86.8 Å². The van der Waals surface area contributed by atoms with Gasteiger partial charge in [-0.1, -0.05) is 91.3 Å². The third-order valence-electron chi connectivity index (χ3n) is 7.88. The van der Waals surface area contributed by atoms with E-state index in [2.05, 4.69) is 5.32 Å². The molecule has 0 bridgehead atoms. The van der Waals surface area contributed by atoms with Crippen LogP contribution >= 0.6 is 0 Å². The molecule has 4 aromatic rings. The number of anilines is 1. The van der Waals surface area contributed by atoms with Crippen molar-refractivity contribution in [2.45, 2.75) is 64.1 Å². The summed E-state index contributed by atoms with van der Waals surface area (Å²) >= 11 is 0. The van der Waals surface area contributed by atoms with Gasteiger partial charge in [0.15, 0.2) is 0 Å². The number of benzene rings is 4. The second kappa shape index (κ2) is 15.0. The lowest BCUT2D eigenvalue weighted by molar-refractivity contribution is -0.140. The number of rotatable bonds is 13. The maximum Gasteiger partial charge on any atom is 0.264 e. The molecule has 0 saturated carbocycles. The molecule has 0 aliphatic carbocycles. The van der Waals surface area contributed by atoms with Gasteiger partial charge in [-0.3, -0.25) is 13.9 Å².